The lowest BCUT2D eigenvalue weighted by Gasteiger charge is -2.16. The van der Waals surface area contributed by atoms with Crippen molar-refractivity contribution in [1.29, 1.82) is 0 Å². The Balaban J connectivity index is 2.29. The Labute approximate surface area is 115 Å². The van der Waals surface area contributed by atoms with Crippen molar-refractivity contribution >= 4 is 16.0 Å². The van der Waals surface area contributed by atoms with Crippen molar-refractivity contribution in [2.45, 2.75) is 63.5 Å². The quantitative estimate of drug-likeness (QED) is 0.681. The van der Waals surface area contributed by atoms with Crippen molar-refractivity contribution in [2.75, 3.05) is 6.54 Å². The topological polar surface area (TPSA) is 83.5 Å². The maximum absolute atomic E-state index is 12.0. The first-order chi connectivity index (χ1) is 8.95. The summed E-state index contributed by atoms with van der Waals surface area (Å²) in [5.74, 6) is -0.507. The average molecular weight is 291 g/mol. The third-order valence-corrected chi connectivity index (χ3v) is 5.90. The van der Waals surface area contributed by atoms with E-state index in [-0.39, 0.29) is 17.6 Å². The number of hydrogen-bond acceptors (Lipinski definition) is 3. The molecule has 0 amide bonds. The van der Waals surface area contributed by atoms with E-state index in [1.54, 1.807) is 0 Å². The average Bonchev–Trinajstić information content (AvgIpc) is 2.87. The Kier molecular flexibility index (Phi) is 6.79. The summed E-state index contributed by atoms with van der Waals surface area (Å²) in [6.07, 6.45) is 5.93. The first kappa shape index (κ1) is 16.4. The van der Waals surface area contributed by atoms with Gasteiger partial charge in [-0.15, -0.1) is 0 Å². The zero-order chi connectivity index (χ0) is 14.3. The lowest BCUT2D eigenvalue weighted by atomic mass is 9.97. The van der Waals surface area contributed by atoms with Gasteiger partial charge >= 0.3 is 5.97 Å². The molecule has 0 spiro atoms. The Morgan fingerprint density at radius 3 is 2.47 bits per heavy atom. The molecule has 0 saturated heterocycles. The molecule has 19 heavy (non-hydrogen) atoms. The lowest BCUT2D eigenvalue weighted by Crippen LogP contribution is -2.34. The molecular weight excluding hydrogens is 266 g/mol. The number of carbonyl (C=O) groups is 1. The van der Waals surface area contributed by atoms with Crippen LogP contribution in [0, 0.1) is 5.92 Å². The van der Waals surface area contributed by atoms with Crippen LogP contribution in [-0.4, -0.2) is 31.3 Å². The molecule has 2 N–H and O–H groups in total. The molecule has 0 radical (unpaired) electrons. The summed E-state index contributed by atoms with van der Waals surface area (Å²) in [4.78, 5) is 10.5. The van der Waals surface area contributed by atoms with Gasteiger partial charge in [0.15, 0.2) is 0 Å². The van der Waals surface area contributed by atoms with E-state index in [1.165, 1.54) is 0 Å². The van der Waals surface area contributed by atoms with E-state index >= 15 is 0 Å². The molecule has 1 unspecified atom stereocenters. The Bertz CT molecular complexity index is 374. The molecule has 1 aliphatic carbocycles. The minimum Gasteiger partial charge on any atom is -0.481 e. The van der Waals surface area contributed by atoms with Crippen molar-refractivity contribution in [3.05, 3.63) is 0 Å². The number of carboxylic acid groups (broad SMARTS) is 1. The van der Waals surface area contributed by atoms with Gasteiger partial charge in [0.2, 0.25) is 10.0 Å². The highest BCUT2D eigenvalue weighted by Crippen LogP contribution is 2.24. The second-order valence-electron chi connectivity index (χ2n) is 5.34. The third-order valence-electron chi connectivity index (χ3n) is 3.94. The standard InChI is InChI=1S/C13H25NO4S/c1-2-11(7-8-13(15)16)9-10-14-19(17,18)12-5-3-4-6-12/h11-12,14H,2-10H2,1H3,(H,15,16). The molecule has 1 aliphatic rings. The number of sulfonamides is 1. The maximum atomic E-state index is 12.0. The van der Waals surface area contributed by atoms with Gasteiger partial charge in [-0.25, -0.2) is 13.1 Å². The van der Waals surface area contributed by atoms with Crippen molar-refractivity contribution in [3.8, 4) is 0 Å². The summed E-state index contributed by atoms with van der Waals surface area (Å²) in [6.45, 7) is 2.44. The summed E-state index contributed by atoms with van der Waals surface area (Å²) in [7, 11) is -3.16. The second-order valence-corrected chi connectivity index (χ2v) is 7.39. The monoisotopic (exact) mass is 291 g/mol. The molecule has 5 nitrogen and oxygen atoms in total. The van der Waals surface area contributed by atoms with Crippen LogP contribution in [0.15, 0.2) is 0 Å². The van der Waals surface area contributed by atoms with Gasteiger partial charge in [0.1, 0.15) is 0 Å². The van der Waals surface area contributed by atoms with Gasteiger partial charge in [0, 0.05) is 13.0 Å². The van der Waals surface area contributed by atoms with Crippen molar-refractivity contribution in [3.63, 3.8) is 0 Å². The third kappa shape index (κ3) is 5.91. The van der Waals surface area contributed by atoms with Crippen LogP contribution in [0.3, 0.4) is 0 Å². The molecule has 1 atom stereocenters. The molecule has 0 aromatic rings. The summed E-state index contributed by atoms with van der Waals surface area (Å²) in [5.41, 5.74) is 0. The second kappa shape index (κ2) is 7.85. The Hall–Kier alpha value is -0.620. The van der Waals surface area contributed by atoms with Crippen LogP contribution in [0.4, 0.5) is 0 Å². The highest BCUT2D eigenvalue weighted by molar-refractivity contribution is 7.90. The molecule has 0 bridgehead atoms. The number of hydrogen-bond donors (Lipinski definition) is 2. The highest BCUT2D eigenvalue weighted by Gasteiger charge is 2.28. The Morgan fingerprint density at radius 1 is 1.32 bits per heavy atom. The van der Waals surface area contributed by atoms with Gasteiger partial charge < -0.3 is 5.11 Å². The first-order valence-corrected chi connectivity index (χ1v) is 8.70. The van der Waals surface area contributed by atoms with Crippen LogP contribution in [0.2, 0.25) is 0 Å². The van der Waals surface area contributed by atoms with Crippen molar-refractivity contribution in [1.82, 2.24) is 4.72 Å². The van der Waals surface area contributed by atoms with E-state index in [1.807, 2.05) is 6.92 Å². The summed E-state index contributed by atoms with van der Waals surface area (Å²) >= 11 is 0. The summed E-state index contributed by atoms with van der Waals surface area (Å²) in [5, 5.41) is 8.43. The molecule has 112 valence electrons. The number of carboxylic acids is 1. The lowest BCUT2D eigenvalue weighted by molar-refractivity contribution is -0.137. The predicted molar refractivity (Wildman–Crippen MR) is 74.4 cm³/mol. The molecule has 0 aromatic carbocycles. The van der Waals surface area contributed by atoms with Gasteiger partial charge in [-0.2, -0.15) is 0 Å². The molecule has 0 aliphatic heterocycles. The fourth-order valence-corrected chi connectivity index (χ4v) is 4.19. The molecule has 1 saturated carbocycles. The zero-order valence-corrected chi connectivity index (χ0v) is 12.4. The number of aliphatic carboxylic acids is 1. The van der Waals surface area contributed by atoms with Gasteiger partial charge in [-0.3, -0.25) is 4.79 Å². The molecular formula is C13H25NO4S. The number of nitrogens with one attached hydrogen (secondary N) is 1. The summed E-state index contributed by atoms with van der Waals surface area (Å²) in [6, 6.07) is 0. The minimum atomic E-state index is -3.16. The maximum Gasteiger partial charge on any atom is 0.303 e. The van der Waals surface area contributed by atoms with E-state index in [2.05, 4.69) is 4.72 Å². The molecule has 1 fully saturated rings. The van der Waals surface area contributed by atoms with Crippen molar-refractivity contribution < 1.29 is 18.3 Å². The van der Waals surface area contributed by atoms with Crippen LogP contribution in [0.1, 0.15) is 58.3 Å². The van der Waals surface area contributed by atoms with Crippen LogP contribution >= 0.6 is 0 Å². The van der Waals surface area contributed by atoms with Gasteiger partial charge in [0.25, 0.3) is 0 Å². The smallest absolute Gasteiger partial charge is 0.303 e. The van der Waals surface area contributed by atoms with Gasteiger partial charge in [-0.1, -0.05) is 26.2 Å². The summed E-state index contributed by atoms with van der Waals surface area (Å²) < 4.78 is 26.6. The van der Waals surface area contributed by atoms with Crippen LogP contribution in [0.25, 0.3) is 0 Å². The number of rotatable bonds is 9. The molecule has 0 aromatic heterocycles. The van der Waals surface area contributed by atoms with E-state index in [4.69, 9.17) is 5.11 Å². The molecule has 0 heterocycles. The van der Waals surface area contributed by atoms with Crippen molar-refractivity contribution in [2.24, 2.45) is 5.92 Å². The van der Waals surface area contributed by atoms with Crippen LogP contribution < -0.4 is 4.72 Å². The zero-order valence-electron chi connectivity index (χ0n) is 11.6. The van der Waals surface area contributed by atoms with E-state index in [0.717, 1.165) is 38.5 Å². The molecule has 6 heteroatoms. The van der Waals surface area contributed by atoms with Crippen LogP contribution in [-0.2, 0) is 14.8 Å². The minimum absolute atomic E-state index is 0.161. The molecule has 1 rings (SSSR count). The first-order valence-electron chi connectivity index (χ1n) is 7.16. The predicted octanol–water partition coefficient (Wildman–Crippen LogP) is 2.13. The van der Waals surface area contributed by atoms with E-state index in [0.29, 0.717) is 13.0 Å². The van der Waals surface area contributed by atoms with E-state index in [9.17, 15) is 13.2 Å². The SMILES string of the molecule is CCC(CCNS(=O)(=O)C1CCCC1)CCC(=O)O. The fraction of sp³-hybridized carbons (Fsp3) is 0.923. The highest BCUT2D eigenvalue weighted by atomic mass is 32.2. The van der Waals surface area contributed by atoms with Gasteiger partial charge in [0.05, 0.1) is 5.25 Å². The van der Waals surface area contributed by atoms with Gasteiger partial charge in [-0.05, 0) is 31.6 Å². The Morgan fingerprint density at radius 2 is 1.95 bits per heavy atom. The normalized spacial score (nSPS) is 18.6. The largest absolute Gasteiger partial charge is 0.481 e. The van der Waals surface area contributed by atoms with E-state index < -0.39 is 16.0 Å². The fourth-order valence-electron chi connectivity index (χ4n) is 2.60. The van der Waals surface area contributed by atoms with Crippen LogP contribution in [0.5, 0.6) is 0 Å².